The Hall–Kier alpha value is -2.52. The van der Waals surface area contributed by atoms with Gasteiger partial charge in [-0.25, -0.2) is 0 Å². The number of benzene rings is 2. The molecule has 1 fully saturated rings. The predicted octanol–water partition coefficient (Wildman–Crippen LogP) is 6.50. The SMILES string of the molecule is CC(C)c1cc(-c2ccccc2)nnc1CCCC1CCN(Cc2ccccc2)CC1. The van der Waals surface area contributed by atoms with Crippen LogP contribution in [0.15, 0.2) is 66.7 Å². The fraction of sp³-hybridized carbons (Fsp3) is 0.429. The predicted molar refractivity (Wildman–Crippen MR) is 129 cm³/mol. The van der Waals surface area contributed by atoms with E-state index in [1.165, 1.54) is 55.6 Å². The summed E-state index contributed by atoms with van der Waals surface area (Å²) in [5.41, 5.74) is 6.10. The number of aryl methyl sites for hydroxylation is 1. The number of hydrogen-bond donors (Lipinski definition) is 0. The van der Waals surface area contributed by atoms with Gasteiger partial charge in [-0.2, -0.15) is 10.2 Å². The highest BCUT2D eigenvalue weighted by Gasteiger charge is 2.19. The molecular weight excluding hydrogens is 378 g/mol. The zero-order chi connectivity index (χ0) is 21.5. The molecule has 0 unspecified atom stereocenters. The summed E-state index contributed by atoms with van der Waals surface area (Å²) in [5.74, 6) is 1.32. The summed E-state index contributed by atoms with van der Waals surface area (Å²) in [4.78, 5) is 2.61. The minimum atomic E-state index is 0.467. The van der Waals surface area contributed by atoms with Gasteiger partial charge in [-0.3, -0.25) is 4.90 Å². The smallest absolute Gasteiger partial charge is 0.0932 e. The van der Waals surface area contributed by atoms with Crippen molar-refractivity contribution in [3.63, 3.8) is 0 Å². The van der Waals surface area contributed by atoms with Crippen LogP contribution in [-0.4, -0.2) is 28.2 Å². The molecule has 0 spiro atoms. The molecule has 0 bridgehead atoms. The van der Waals surface area contributed by atoms with Gasteiger partial charge in [-0.05, 0) is 74.2 Å². The third-order valence-corrected chi connectivity index (χ3v) is 6.58. The lowest BCUT2D eigenvalue weighted by Crippen LogP contribution is -2.33. The molecule has 162 valence electrons. The van der Waals surface area contributed by atoms with Crippen LogP contribution in [0.3, 0.4) is 0 Å². The van der Waals surface area contributed by atoms with Gasteiger partial charge < -0.3 is 0 Å². The van der Waals surface area contributed by atoms with Crippen LogP contribution in [0.25, 0.3) is 11.3 Å². The molecule has 0 N–H and O–H groups in total. The van der Waals surface area contributed by atoms with Gasteiger partial charge in [0.15, 0.2) is 0 Å². The van der Waals surface area contributed by atoms with E-state index in [1.807, 2.05) is 6.07 Å². The second kappa shape index (κ2) is 10.7. The lowest BCUT2D eigenvalue weighted by Gasteiger charge is -2.32. The van der Waals surface area contributed by atoms with Crippen LogP contribution in [-0.2, 0) is 13.0 Å². The maximum Gasteiger partial charge on any atom is 0.0932 e. The third kappa shape index (κ3) is 6.01. The van der Waals surface area contributed by atoms with Gasteiger partial charge in [0.1, 0.15) is 0 Å². The molecule has 0 radical (unpaired) electrons. The second-order valence-electron chi connectivity index (χ2n) is 9.25. The molecule has 2 heterocycles. The zero-order valence-corrected chi connectivity index (χ0v) is 19.0. The molecule has 1 saturated heterocycles. The Bertz CT molecular complexity index is 929. The van der Waals surface area contributed by atoms with Gasteiger partial charge in [-0.1, -0.05) is 74.5 Å². The highest BCUT2D eigenvalue weighted by Crippen LogP contribution is 2.27. The van der Waals surface area contributed by atoms with E-state index in [2.05, 4.69) is 89.6 Å². The molecule has 0 saturated carbocycles. The molecule has 0 amide bonds. The van der Waals surface area contributed by atoms with Gasteiger partial charge in [0.2, 0.25) is 0 Å². The molecule has 0 aliphatic carbocycles. The number of nitrogens with zero attached hydrogens (tertiary/aromatic N) is 3. The Kier molecular flexibility index (Phi) is 7.48. The summed E-state index contributed by atoms with van der Waals surface area (Å²) < 4.78 is 0. The fourth-order valence-electron chi connectivity index (χ4n) is 4.71. The van der Waals surface area contributed by atoms with Crippen molar-refractivity contribution in [2.45, 2.75) is 58.4 Å². The number of rotatable bonds is 8. The van der Waals surface area contributed by atoms with E-state index < -0.39 is 0 Å². The zero-order valence-electron chi connectivity index (χ0n) is 19.0. The summed E-state index contributed by atoms with van der Waals surface area (Å²) in [6.45, 7) is 8.06. The lowest BCUT2D eigenvalue weighted by molar-refractivity contribution is 0.171. The standard InChI is InChI=1S/C28H35N3/c1-22(2)26-20-28(25-13-7-4-8-14-25)30-29-27(26)15-9-12-23-16-18-31(19-17-23)21-24-10-5-3-6-11-24/h3-8,10-11,13-14,20,22-23H,9,12,15-19,21H2,1-2H3. The van der Waals surface area contributed by atoms with Crippen molar-refractivity contribution in [3.8, 4) is 11.3 Å². The molecule has 31 heavy (non-hydrogen) atoms. The quantitative estimate of drug-likeness (QED) is 0.422. The van der Waals surface area contributed by atoms with Crippen LogP contribution >= 0.6 is 0 Å². The maximum absolute atomic E-state index is 4.66. The van der Waals surface area contributed by atoms with Crippen LogP contribution in [0.2, 0.25) is 0 Å². The average Bonchev–Trinajstić information content (AvgIpc) is 2.81. The normalized spacial score (nSPS) is 15.5. The number of aromatic nitrogens is 2. The molecule has 3 nitrogen and oxygen atoms in total. The van der Waals surface area contributed by atoms with Gasteiger partial charge in [0.25, 0.3) is 0 Å². The van der Waals surface area contributed by atoms with Gasteiger partial charge in [-0.15, -0.1) is 0 Å². The Morgan fingerprint density at radius 3 is 2.26 bits per heavy atom. The van der Waals surface area contributed by atoms with Crippen molar-refractivity contribution in [2.75, 3.05) is 13.1 Å². The molecule has 0 atom stereocenters. The highest BCUT2D eigenvalue weighted by molar-refractivity contribution is 5.59. The largest absolute Gasteiger partial charge is 0.299 e. The molecule has 1 aliphatic rings. The summed E-state index contributed by atoms with van der Waals surface area (Å²) in [5, 5.41) is 9.21. The second-order valence-corrected chi connectivity index (χ2v) is 9.25. The Morgan fingerprint density at radius 2 is 1.58 bits per heavy atom. The van der Waals surface area contributed by atoms with Crippen molar-refractivity contribution in [1.29, 1.82) is 0 Å². The Balaban J connectivity index is 1.28. The van der Waals surface area contributed by atoms with Crippen LogP contribution in [0.1, 0.15) is 62.3 Å². The topological polar surface area (TPSA) is 29.0 Å². The Labute approximate surface area is 187 Å². The van der Waals surface area contributed by atoms with Crippen LogP contribution in [0.5, 0.6) is 0 Å². The third-order valence-electron chi connectivity index (χ3n) is 6.58. The minimum Gasteiger partial charge on any atom is -0.299 e. The van der Waals surface area contributed by atoms with E-state index in [0.29, 0.717) is 5.92 Å². The van der Waals surface area contributed by atoms with Crippen LogP contribution in [0.4, 0.5) is 0 Å². The van der Waals surface area contributed by atoms with Crippen molar-refractivity contribution in [3.05, 3.63) is 83.6 Å². The molecule has 4 rings (SSSR count). The molecule has 3 heteroatoms. The Morgan fingerprint density at radius 1 is 0.903 bits per heavy atom. The first-order valence-corrected chi connectivity index (χ1v) is 11.9. The molecule has 1 aliphatic heterocycles. The first kappa shape index (κ1) is 21.7. The van der Waals surface area contributed by atoms with E-state index in [9.17, 15) is 0 Å². The van der Waals surface area contributed by atoms with Gasteiger partial charge in [0.05, 0.1) is 11.4 Å². The number of piperidine rings is 1. The van der Waals surface area contributed by atoms with Crippen molar-refractivity contribution in [2.24, 2.45) is 5.92 Å². The van der Waals surface area contributed by atoms with Gasteiger partial charge in [0, 0.05) is 12.1 Å². The van der Waals surface area contributed by atoms with E-state index in [4.69, 9.17) is 0 Å². The molecular formula is C28H35N3. The highest BCUT2D eigenvalue weighted by atomic mass is 15.1. The summed E-state index contributed by atoms with van der Waals surface area (Å²) in [6.07, 6.45) is 6.20. The monoisotopic (exact) mass is 413 g/mol. The van der Waals surface area contributed by atoms with E-state index in [-0.39, 0.29) is 0 Å². The van der Waals surface area contributed by atoms with E-state index in [1.54, 1.807) is 0 Å². The molecule has 3 aromatic rings. The van der Waals surface area contributed by atoms with E-state index >= 15 is 0 Å². The maximum atomic E-state index is 4.66. The lowest BCUT2D eigenvalue weighted by atomic mass is 9.90. The van der Waals surface area contributed by atoms with Crippen LogP contribution < -0.4 is 0 Å². The molecule has 1 aromatic heterocycles. The van der Waals surface area contributed by atoms with Crippen LogP contribution in [0, 0.1) is 5.92 Å². The average molecular weight is 414 g/mol. The first-order chi connectivity index (χ1) is 15.2. The number of likely N-dealkylation sites (tertiary alicyclic amines) is 1. The van der Waals surface area contributed by atoms with Crippen molar-refractivity contribution in [1.82, 2.24) is 15.1 Å². The van der Waals surface area contributed by atoms with E-state index in [0.717, 1.165) is 30.1 Å². The molecule has 2 aromatic carbocycles. The van der Waals surface area contributed by atoms with Crippen molar-refractivity contribution >= 4 is 0 Å². The minimum absolute atomic E-state index is 0.467. The number of hydrogen-bond acceptors (Lipinski definition) is 3. The summed E-state index contributed by atoms with van der Waals surface area (Å²) >= 11 is 0. The first-order valence-electron chi connectivity index (χ1n) is 11.9. The van der Waals surface area contributed by atoms with Crippen molar-refractivity contribution < 1.29 is 0 Å². The summed E-state index contributed by atoms with van der Waals surface area (Å²) in [6, 6.07) is 23.5. The van der Waals surface area contributed by atoms with Gasteiger partial charge >= 0.3 is 0 Å². The summed E-state index contributed by atoms with van der Waals surface area (Å²) in [7, 11) is 0. The fourth-order valence-corrected chi connectivity index (χ4v) is 4.71.